The van der Waals surface area contributed by atoms with Crippen molar-refractivity contribution in [1.29, 1.82) is 0 Å². The molecule has 1 unspecified atom stereocenters. The van der Waals surface area contributed by atoms with Crippen molar-refractivity contribution in [1.82, 2.24) is 19.8 Å². The molecule has 3 rings (SSSR count). The second-order valence-corrected chi connectivity index (χ2v) is 7.35. The molecule has 5 nitrogen and oxygen atoms in total. The zero-order valence-corrected chi connectivity index (χ0v) is 13.6. The average Bonchev–Trinajstić information content (AvgIpc) is 3.06. The van der Waals surface area contributed by atoms with Gasteiger partial charge in [0.2, 0.25) is 4.96 Å². The van der Waals surface area contributed by atoms with Gasteiger partial charge in [-0.1, -0.05) is 37.5 Å². The molecule has 0 aromatic carbocycles. The van der Waals surface area contributed by atoms with Crippen LogP contribution in [0.4, 0.5) is 0 Å². The first-order valence-electron chi connectivity index (χ1n) is 8.19. The first kappa shape index (κ1) is 14.9. The Morgan fingerprint density at radius 1 is 1.24 bits per heavy atom. The molecule has 1 atom stereocenters. The van der Waals surface area contributed by atoms with E-state index in [1.165, 1.54) is 37.1 Å². The Morgan fingerprint density at radius 3 is 2.81 bits per heavy atom. The van der Waals surface area contributed by atoms with Crippen molar-refractivity contribution in [3.63, 3.8) is 0 Å². The molecule has 1 saturated carbocycles. The lowest BCUT2D eigenvalue weighted by Crippen LogP contribution is -2.09. The Morgan fingerprint density at radius 2 is 2.05 bits per heavy atom. The second kappa shape index (κ2) is 6.83. The molecule has 2 aromatic heterocycles. The summed E-state index contributed by atoms with van der Waals surface area (Å²) in [7, 11) is 0. The third-order valence-electron chi connectivity index (χ3n) is 4.54. The summed E-state index contributed by atoms with van der Waals surface area (Å²) in [4.78, 5) is 0.956. The van der Waals surface area contributed by atoms with Crippen LogP contribution in [-0.2, 0) is 6.42 Å². The Bertz CT molecular complexity index is 570. The third-order valence-corrected chi connectivity index (χ3v) is 5.50. The van der Waals surface area contributed by atoms with E-state index in [0.29, 0.717) is 11.8 Å². The Hall–Kier alpha value is -1.01. The summed E-state index contributed by atoms with van der Waals surface area (Å²) < 4.78 is 2.00. The van der Waals surface area contributed by atoms with Gasteiger partial charge in [-0.25, -0.2) is 0 Å². The van der Waals surface area contributed by atoms with Crippen LogP contribution in [0.2, 0.25) is 0 Å². The lowest BCUT2D eigenvalue weighted by atomic mass is 9.89. The zero-order valence-electron chi connectivity index (χ0n) is 12.8. The van der Waals surface area contributed by atoms with E-state index in [0.717, 1.165) is 36.6 Å². The van der Waals surface area contributed by atoms with Crippen LogP contribution in [0.5, 0.6) is 0 Å². The predicted molar refractivity (Wildman–Crippen MR) is 85.6 cm³/mol. The monoisotopic (exact) mass is 307 g/mol. The van der Waals surface area contributed by atoms with Crippen molar-refractivity contribution in [3.05, 3.63) is 10.8 Å². The highest BCUT2D eigenvalue weighted by Gasteiger charge is 2.22. The summed E-state index contributed by atoms with van der Waals surface area (Å²) in [5.41, 5.74) is 5.61. The van der Waals surface area contributed by atoms with Gasteiger partial charge in [-0.05, 0) is 38.1 Å². The molecular weight excluding hydrogens is 282 g/mol. The van der Waals surface area contributed by atoms with Gasteiger partial charge in [0.25, 0.3) is 0 Å². The molecule has 0 aliphatic heterocycles. The van der Waals surface area contributed by atoms with E-state index < -0.39 is 0 Å². The number of rotatable bonds is 6. The van der Waals surface area contributed by atoms with Crippen LogP contribution in [0.25, 0.3) is 4.96 Å². The number of fused-ring (bicyclic) bond motifs is 1. The van der Waals surface area contributed by atoms with Crippen LogP contribution in [0.15, 0.2) is 0 Å². The van der Waals surface area contributed by atoms with Gasteiger partial charge in [0.05, 0.1) is 0 Å². The number of hydrogen-bond donors (Lipinski definition) is 1. The van der Waals surface area contributed by atoms with Crippen LogP contribution in [0.1, 0.15) is 68.6 Å². The van der Waals surface area contributed by atoms with Gasteiger partial charge >= 0.3 is 0 Å². The standard InChI is InChI=1S/C15H25N5S/c1-11(9-10-16)7-8-13-19-20-14(17-18-15(20)21-13)12-5-3-2-4-6-12/h11-12H,2-10,16H2,1H3. The van der Waals surface area contributed by atoms with E-state index in [1.54, 1.807) is 11.3 Å². The smallest absolute Gasteiger partial charge is 0.234 e. The lowest BCUT2D eigenvalue weighted by molar-refractivity contribution is 0.422. The number of aryl methyl sites for hydroxylation is 1. The maximum atomic E-state index is 5.61. The summed E-state index contributed by atoms with van der Waals surface area (Å²) in [5, 5.41) is 14.7. The van der Waals surface area contributed by atoms with Crippen LogP contribution in [0, 0.1) is 5.92 Å². The first-order valence-corrected chi connectivity index (χ1v) is 9.00. The molecule has 1 aliphatic rings. The summed E-state index contributed by atoms with van der Waals surface area (Å²) in [6, 6.07) is 0. The molecule has 0 spiro atoms. The molecule has 0 radical (unpaired) electrons. The van der Waals surface area contributed by atoms with Gasteiger partial charge in [-0.15, -0.1) is 10.2 Å². The van der Waals surface area contributed by atoms with Crippen LogP contribution in [-0.4, -0.2) is 26.4 Å². The van der Waals surface area contributed by atoms with Crippen molar-refractivity contribution < 1.29 is 0 Å². The summed E-state index contributed by atoms with van der Waals surface area (Å²) >= 11 is 1.69. The highest BCUT2D eigenvalue weighted by atomic mass is 32.1. The summed E-state index contributed by atoms with van der Waals surface area (Å²) in [5.74, 6) is 2.31. The quantitative estimate of drug-likeness (QED) is 0.890. The van der Waals surface area contributed by atoms with E-state index in [9.17, 15) is 0 Å². The molecule has 2 N–H and O–H groups in total. The second-order valence-electron chi connectivity index (χ2n) is 6.30. The molecule has 116 valence electrons. The highest BCUT2D eigenvalue weighted by Crippen LogP contribution is 2.32. The minimum absolute atomic E-state index is 0.555. The third kappa shape index (κ3) is 3.43. The fourth-order valence-electron chi connectivity index (χ4n) is 3.19. The molecule has 2 heterocycles. The summed E-state index contributed by atoms with van der Waals surface area (Å²) in [6.07, 6.45) is 9.74. The number of nitrogens with two attached hydrogens (primary N) is 1. The Kier molecular flexibility index (Phi) is 4.85. The molecule has 2 aromatic rings. The van der Waals surface area contributed by atoms with E-state index >= 15 is 0 Å². The predicted octanol–water partition coefficient (Wildman–Crippen LogP) is 3.15. The van der Waals surface area contributed by atoms with Gasteiger partial charge in [0, 0.05) is 12.3 Å². The molecular formula is C15H25N5S. The maximum absolute atomic E-state index is 5.61. The van der Waals surface area contributed by atoms with Gasteiger partial charge < -0.3 is 5.73 Å². The van der Waals surface area contributed by atoms with Gasteiger partial charge in [0.1, 0.15) is 5.01 Å². The van der Waals surface area contributed by atoms with Crippen molar-refractivity contribution in [2.45, 2.75) is 64.2 Å². The van der Waals surface area contributed by atoms with E-state index in [2.05, 4.69) is 17.1 Å². The van der Waals surface area contributed by atoms with Crippen LogP contribution in [0.3, 0.4) is 0 Å². The highest BCUT2D eigenvalue weighted by molar-refractivity contribution is 7.16. The fourth-order valence-corrected chi connectivity index (χ4v) is 4.04. The molecule has 0 saturated heterocycles. The number of nitrogens with zero attached hydrogens (tertiary/aromatic N) is 4. The minimum atomic E-state index is 0.555. The average molecular weight is 307 g/mol. The first-order chi connectivity index (χ1) is 10.3. The van der Waals surface area contributed by atoms with Crippen molar-refractivity contribution in [3.8, 4) is 0 Å². The minimum Gasteiger partial charge on any atom is -0.330 e. The van der Waals surface area contributed by atoms with Crippen LogP contribution < -0.4 is 5.73 Å². The fraction of sp³-hybridized carbons (Fsp3) is 0.800. The molecule has 21 heavy (non-hydrogen) atoms. The lowest BCUT2D eigenvalue weighted by Gasteiger charge is -2.18. The van der Waals surface area contributed by atoms with Crippen molar-refractivity contribution >= 4 is 16.3 Å². The largest absolute Gasteiger partial charge is 0.330 e. The van der Waals surface area contributed by atoms with Crippen molar-refractivity contribution in [2.75, 3.05) is 6.54 Å². The molecule has 1 aliphatic carbocycles. The Labute approximate surface area is 129 Å². The SMILES string of the molecule is CC(CCN)CCc1nn2c(C3CCCCC3)nnc2s1. The van der Waals surface area contributed by atoms with Gasteiger partial charge in [-0.2, -0.15) is 9.61 Å². The van der Waals surface area contributed by atoms with E-state index in [4.69, 9.17) is 10.8 Å². The molecule has 6 heteroatoms. The maximum Gasteiger partial charge on any atom is 0.234 e. The van der Waals surface area contributed by atoms with Crippen LogP contribution >= 0.6 is 11.3 Å². The number of hydrogen-bond acceptors (Lipinski definition) is 5. The molecule has 0 amide bonds. The van der Waals surface area contributed by atoms with Gasteiger partial charge in [-0.3, -0.25) is 0 Å². The van der Waals surface area contributed by atoms with E-state index in [-0.39, 0.29) is 0 Å². The topological polar surface area (TPSA) is 69.1 Å². The molecule has 0 bridgehead atoms. The van der Waals surface area contributed by atoms with E-state index in [1.807, 2.05) is 4.52 Å². The number of aromatic nitrogens is 4. The van der Waals surface area contributed by atoms with Crippen molar-refractivity contribution in [2.24, 2.45) is 11.7 Å². The normalized spacial score (nSPS) is 18.4. The molecule has 1 fully saturated rings. The zero-order chi connectivity index (χ0) is 14.7. The summed E-state index contributed by atoms with van der Waals surface area (Å²) in [6.45, 7) is 3.04. The van der Waals surface area contributed by atoms with Gasteiger partial charge in [0.15, 0.2) is 5.82 Å². The Balaban J connectivity index is 1.70.